The van der Waals surface area contributed by atoms with Crippen molar-refractivity contribution < 1.29 is 38.1 Å². The maximum absolute atomic E-state index is 10.9. The largest absolute Gasteiger partial charge is 0.452 e. The Hall–Kier alpha value is -0.190. The zero-order valence-electron chi connectivity index (χ0n) is 12.9. The molecular weight excluding hydrogens is 318 g/mol. The van der Waals surface area contributed by atoms with E-state index < -0.39 is 6.81 Å². The number of hydrogen-bond acceptors (Lipinski definition) is 8. The molecule has 4 unspecified atom stereocenters. The fourth-order valence-electron chi connectivity index (χ4n) is 5.73. The van der Waals surface area contributed by atoms with Gasteiger partial charge in [-0.1, -0.05) is 0 Å². The summed E-state index contributed by atoms with van der Waals surface area (Å²) in [6.45, 7) is 0.123. The van der Waals surface area contributed by atoms with Crippen molar-refractivity contribution in [2.24, 2.45) is 11.8 Å². The number of fused-ring (bicyclic) bond motifs is 8. The second-order valence-corrected chi connectivity index (χ2v) is 8.00. The molecule has 7 fully saturated rings. The van der Waals surface area contributed by atoms with E-state index in [9.17, 15) is 5.02 Å². The highest BCUT2D eigenvalue weighted by molar-refractivity contribution is 7.17. The van der Waals surface area contributed by atoms with Crippen molar-refractivity contribution in [1.29, 1.82) is 0 Å². The maximum Gasteiger partial charge on any atom is 0.324 e. The Morgan fingerprint density at radius 3 is 2.75 bits per heavy atom. The molecular formula is C14H18B2O8. The van der Waals surface area contributed by atoms with Gasteiger partial charge in [0.2, 0.25) is 0 Å². The first kappa shape index (κ1) is 13.9. The molecule has 7 saturated heterocycles. The Morgan fingerprint density at radius 2 is 1.79 bits per heavy atom. The van der Waals surface area contributed by atoms with Crippen molar-refractivity contribution >= 4 is 13.6 Å². The Morgan fingerprint density at radius 1 is 0.917 bits per heavy atom. The van der Waals surface area contributed by atoms with E-state index in [4.69, 9.17) is 33.1 Å². The Bertz CT molecular complexity index is 581. The second-order valence-electron chi connectivity index (χ2n) is 8.00. The van der Waals surface area contributed by atoms with Crippen molar-refractivity contribution in [3.63, 3.8) is 0 Å². The fraction of sp³-hybridized carbons (Fsp3) is 1.00. The van der Waals surface area contributed by atoms with E-state index in [-0.39, 0.29) is 73.7 Å². The zero-order chi connectivity index (χ0) is 15.6. The van der Waals surface area contributed by atoms with Crippen LogP contribution in [0.3, 0.4) is 0 Å². The summed E-state index contributed by atoms with van der Waals surface area (Å²) < 4.78 is 40.8. The Labute approximate surface area is 139 Å². The minimum Gasteiger partial charge on any atom is -0.452 e. The van der Waals surface area contributed by atoms with Gasteiger partial charge >= 0.3 is 13.6 Å². The predicted molar refractivity (Wildman–Crippen MR) is 76.7 cm³/mol. The monoisotopic (exact) mass is 336 g/mol. The maximum atomic E-state index is 10.9. The lowest BCUT2D eigenvalue weighted by atomic mass is 9.20. The van der Waals surface area contributed by atoms with Crippen LogP contribution in [-0.4, -0.2) is 87.0 Å². The smallest absolute Gasteiger partial charge is 0.324 e. The molecule has 8 nitrogen and oxygen atoms in total. The molecule has 0 aromatic carbocycles. The lowest BCUT2D eigenvalue weighted by molar-refractivity contribution is -0.283. The van der Waals surface area contributed by atoms with E-state index in [1.54, 1.807) is 0 Å². The van der Waals surface area contributed by atoms with Gasteiger partial charge in [0.1, 0.15) is 18.3 Å². The molecule has 11 atom stereocenters. The van der Waals surface area contributed by atoms with Crippen LogP contribution in [0.4, 0.5) is 0 Å². The summed E-state index contributed by atoms with van der Waals surface area (Å²) in [5.74, 6) is 0.533. The molecule has 7 heterocycles. The Balaban J connectivity index is 1.11. The summed E-state index contributed by atoms with van der Waals surface area (Å²) in [6, 6.07) is -0.311. The van der Waals surface area contributed by atoms with E-state index >= 15 is 0 Å². The van der Waals surface area contributed by atoms with Gasteiger partial charge in [-0.3, -0.25) is 0 Å². The third-order valence-corrected chi connectivity index (χ3v) is 6.87. The molecule has 4 bridgehead atoms. The van der Waals surface area contributed by atoms with Crippen molar-refractivity contribution in [3.8, 4) is 0 Å². The standard InChI is InChI=1S/C14H18B2O8/c17-15(11-5-1-4-2-18-13(20-4)8(5)22-11)16-12-7-9(24-16)6-3-19-14(21-6)10(7)23-12/h4-14,17H,1-3H2/t4-,5-,6+,7-,8+,9+,10+,11?,12?,13?,14?/m0/s1. The average molecular weight is 336 g/mol. The van der Waals surface area contributed by atoms with Crippen LogP contribution in [-0.2, 0) is 33.1 Å². The van der Waals surface area contributed by atoms with E-state index in [0.29, 0.717) is 13.2 Å². The van der Waals surface area contributed by atoms with Crippen LogP contribution in [0.5, 0.6) is 0 Å². The normalized spacial score (nSPS) is 61.9. The summed E-state index contributed by atoms with van der Waals surface area (Å²) in [5.41, 5.74) is 0. The van der Waals surface area contributed by atoms with Gasteiger partial charge in [-0.2, -0.15) is 0 Å². The first-order valence-electron chi connectivity index (χ1n) is 8.96. The van der Waals surface area contributed by atoms with Gasteiger partial charge in [0, 0.05) is 11.8 Å². The number of hydrogen-bond donors (Lipinski definition) is 1. The van der Waals surface area contributed by atoms with Gasteiger partial charge < -0.3 is 38.1 Å². The van der Waals surface area contributed by atoms with Crippen LogP contribution in [0.1, 0.15) is 6.42 Å². The van der Waals surface area contributed by atoms with Crippen molar-refractivity contribution in [3.05, 3.63) is 0 Å². The molecule has 0 spiro atoms. The van der Waals surface area contributed by atoms with Gasteiger partial charge in [0.25, 0.3) is 0 Å². The van der Waals surface area contributed by atoms with Crippen LogP contribution in [0, 0.1) is 11.8 Å². The van der Waals surface area contributed by atoms with Crippen LogP contribution >= 0.6 is 0 Å². The molecule has 1 N–H and O–H groups in total. The highest BCUT2D eigenvalue weighted by atomic mass is 16.8. The number of rotatable bonds is 2. The first-order chi connectivity index (χ1) is 11.8. The van der Waals surface area contributed by atoms with Crippen molar-refractivity contribution in [1.82, 2.24) is 0 Å². The summed E-state index contributed by atoms with van der Waals surface area (Å²) in [5, 5.41) is 10.9. The van der Waals surface area contributed by atoms with E-state index in [1.165, 1.54) is 0 Å². The summed E-state index contributed by atoms with van der Waals surface area (Å²) in [4.78, 5) is 0. The topological polar surface area (TPSA) is 84.8 Å². The second kappa shape index (κ2) is 4.55. The van der Waals surface area contributed by atoms with Gasteiger partial charge in [0.05, 0.1) is 37.4 Å². The molecule has 0 amide bonds. The third-order valence-electron chi connectivity index (χ3n) is 6.87. The molecule has 0 aliphatic carbocycles. The number of ether oxygens (including phenoxy) is 6. The first-order valence-corrected chi connectivity index (χ1v) is 8.96. The lowest BCUT2D eigenvalue weighted by Gasteiger charge is -2.51. The molecule has 10 heteroatoms. The minimum atomic E-state index is -0.695. The van der Waals surface area contributed by atoms with E-state index in [0.717, 1.165) is 6.42 Å². The van der Waals surface area contributed by atoms with Gasteiger partial charge in [-0.05, 0) is 6.42 Å². The molecule has 0 saturated carbocycles. The molecule has 0 aromatic heterocycles. The molecule has 128 valence electrons. The van der Waals surface area contributed by atoms with Gasteiger partial charge in [-0.25, -0.2) is 0 Å². The lowest BCUT2D eigenvalue weighted by Crippen LogP contribution is -2.70. The molecule has 0 radical (unpaired) electrons. The SMILES string of the molecule is OB(B1O[C@H]2[C@@H]3C1O[C@H]3C1OC[C@H]2O1)C1O[C@H]2C3OC[C@H](C[C@H]12)O3. The van der Waals surface area contributed by atoms with Crippen LogP contribution in [0.15, 0.2) is 0 Å². The summed E-state index contributed by atoms with van der Waals surface area (Å²) in [6.07, 6.45) is 0.271. The van der Waals surface area contributed by atoms with Crippen molar-refractivity contribution in [2.75, 3.05) is 13.2 Å². The van der Waals surface area contributed by atoms with Gasteiger partial charge in [-0.15, -0.1) is 0 Å². The average Bonchev–Trinajstić information content (AvgIpc) is 3.21. The van der Waals surface area contributed by atoms with Gasteiger partial charge in [0.15, 0.2) is 12.6 Å². The Kier molecular flexibility index (Phi) is 2.65. The molecule has 24 heavy (non-hydrogen) atoms. The highest BCUT2D eigenvalue weighted by Crippen LogP contribution is 2.52. The van der Waals surface area contributed by atoms with Crippen LogP contribution < -0.4 is 0 Å². The van der Waals surface area contributed by atoms with E-state index in [1.807, 2.05) is 0 Å². The van der Waals surface area contributed by atoms with E-state index in [2.05, 4.69) is 0 Å². The third kappa shape index (κ3) is 1.56. The summed E-state index contributed by atoms with van der Waals surface area (Å²) in [7, 11) is 0. The quantitative estimate of drug-likeness (QED) is 0.591. The molecule has 7 rings (SSSR count). The predicted octanol–water partition coefficient (Wildman–Crippen LogP) is -1.82. The molecule has 0 aromatic rings. The van der Waals surface area contributed by atoms with Crippen LogP contribution in [0.25, 0.3) is 0 Å². The fourth-order valence-corrected chi connectivity index (χ4v) is 5.73. The zero-order valence-corrected chi connectivity index (χ0v) is 12.9. The highest BCUT2D eigenvalue weighted by Gasteiger charge is 2.72. The van der Waals surface area contributed by atoms with Crippen molar-refractivity contribution in [2.45, 2.75) is 61.5 Å². The van der Waals surface area contributed by atoms with Crippen LogP contribution in [0.2, 0.25) is 0 Å². The molecule has 7 aliphatic rings. The minimum absolute atomic E-state index is 0.0396. The summed E-state index contributed by atoms with van der Waals surface area (Å²) >= 11 is 0. The molecule has 7 aliphatic heterocycles.